The molecule has 0 unspecified atom stereocenters. The van der Waals surface area contributed by atoms with Crippen molar-refractivity contribution < 1.29 is 0 Å². The van der Waals surface area contributed by atoms with Crippen molar-refractivity contribution in [3.8, 4) is 0 Å². The molecule has 2 nitrogen and oxygen atoms in total. The number of rotatable bonds is 1. The topological polar surface area (TPSA) is 52.0 Å². The summed E-state index contributed by atoms with van der Waals surface area (Å²) in [7, 11) is 0. The fraction of sp³-hybridized carbons (Fsp3) is 1.00. The van der Waals surface area contributed by atoms with Crippen LogP contribution in [-0.4, -0.2) is 11.1 Å². The van der Waals surface area contributed by atoms with Crippen molar-refractivity contribution in [1.29, 1.82) is 0 Å². The van der Waals surface area contributed by atoms with Crippen LogP contribution in [0.3, 0.4) is 0 Å². The standard InChI is InChI=1S/C9H20N2/c1-8(2,10)9(11)6-4-3-5-7-9/h3-7,10-11H2,1-2H3. The lowest BCUT2D eigenvalue weighted by molar-refractivity contribution is 0.188. The lowest BCUT2D eigenvalue weighted by Crippen LogP contribution is -2.63. The minimum atomic E-state index is -0.215. The summed E-state index contributed by atoms with van der Waals surface area (Å²) in [5.74, 6) is 0. The lowest BCUT2D eigenvalue weighted by atomic mass is 9.71. The largest absolute Gasteiger partial charge is 0.324 e. The van der Waals surface area contributed by atoms with E-state index in [4.69, 9.17) is 11.5 Å². The van der Waals surface area contributed by atoms with Gasteiger partial charge in [0, 0.05) is 11.1 Å². The van der Waals surface area contributed by atoms with Crippen molar-refractivity contribution in [2.75, 3.05) is 0 Å². The first kappa shape index (κ1) is 9.01. The molecule has 0 heterocycles. The molecule has 4 N–H and O–H groups in total. The molecule has 66 valence electrons. The van der Waals surface area contributed by atoms with Crippen LogP contribution in [0.4, 0.5) is 0 Å². The van der Waals surface area contributed by atoms with Gasteiger partial charge in [0.05, 0.1) is 0 Å². The SMILES string of the molecule is CC(C)(N)C1(N)CCCCC1. The minimum absolute atomic E-state index is 0.106. The van der Waals surface area contributed by atoms with Gasteiger partial charge in [-0.05, 0) is 26.7 Å². The molecule has 0 radical (unpaired) electrons. The summed E-state index contributed by atoms with van der Waals surface area (Å²) in [6, 6.07) is 0. The third-order valence-electron chi connectivity index (χ3n) is 3.03. The van der Waals surface area contributed by atoms with Gasteiger partial charge in [0.1, 0.15) is 0 Å². The highest BCUT2D eigenvalue weighted by molar-refractivity contribution is 5.02. The lowest BCUT2D eigenvalue weighted by Gasteiger charge is -2.44. The molecular weight excluding hydrogens is 136 g/mol. The van der Waals surface area contributed by atoms with Gasteiger partial charge in [-0.2, -0.15) is 0 Å². The van der Waals surface area contributed by atoms with E-state index < -0.39 is 0 Å². The number of nitrogens with two attached hydrogens (primary N) is 2. The molecule has 0 atom stereocenters. The molecule has 11 heavy (non-hydrogen) atoms. The summed E-state index contributed by atoms with van der Waals surface area (Å²) in [5.41, 5.74) is 11.9. The molecule has 0 aliphatic heterocycles. The molecule has 0 spiro atoms. The highest BCUT2D eigenvalue weighted by atomic mass is 14.9. The van der Waals surface area contributed by atoms with Gasteiger partial charge in [0.15, 0.2) is 0 Å². The summed E-state index contributed by atoms with van der Waals surface area (Å²) in [6.07, 6.45) is 6.01. The Labute approximate surface area is 69.3 Å². The molecule has 1 aliphatic rings. The van der Waals surface area contributed by atoms with Crippen LogP contribution in [0.25, 0.3) is 0 Å². The number of hydrogen-bond donors (Lipinski definition) is 2. The Morgan fingerprint density at radius 3 is 1.82 bits per heavy atom. The van der Waals surface area contributed by atoms with Gasteiger partial charge in [0.25, 0.3) is 0 Å². The maximum Gasteiger partial charge on any atom is 0.0331 e. The van der Waals surface area contributed by atoms with Gasteiger partial charge >= 0.3 is 0 Å². The van der Waals surface area contributed by atoms with Crippen molar-refractivity contribution in [1.82, 2.24) is 0 Å². The van der Waals surface area contributed by atoms with E-state index in [2.05, 4.69) is 0 Å². The Morgan fingerprint density at radius 1 is 1.09 bits per heavy atom. The molecule has 2 heteroatoms. The predicted molar refractivity (Wildman–Crippen MR) is 48.3 cm³/mol. The molecule has 0 bridgehead atoms. The Balaban J connectivity index is 2.64. The van der Waals surface area contributed by atoms with Crippen LogP contribution >= 0.6 is 0 Å². The zero-order valence-electron chi connectivity index (χ0n) is 7.69. The van der Waals surface area contributed by atoms with Crippen LogP contribution in [0, 0.1) is 0 Å². The summed E-state index contributed by atoms with van der Waals surface area (Å²) in [6.45, 7) is 4.08. The Hall–Kier alpha value is -0.0800. The highest BCUT2D eigenvalue weighted by Gasteiger charge is 2.39. The second-order valence-electron chi connectivity index (χ2n) is 4.44. The first-order valence-corrected chi connectivity index (χ1v) is 4.53. The van der Waals surface area contributed by atoms with E-state index in [0.29, 0.717) is 0 Å². The zero-order chi connectivity index (χ0) is 8.54. The van der Waals surface area contributed by atoms with Gasteiger partial charge in [-0.25, -0.2) is 0 Å². The molecule has 0 aromatic heterocycles. The average molecular weight is 156 g/mol. The Bertz CT molecular complexity index is 129. The first-order valence-electron chi connectivity index (χ1n) is 4.53. The Kier molecular flexibility index (Phi) is 2.26. The molecule has 1 aliphatic carbocycles. The fourth-order valence-corrected chi connectivity index (χ4v) is 1.83. The second kappa shape index (κ2) is 2.76. The second-order valence-corrected chi connectivity index (χ2v) is 4.44. The van der Waals surface area contributed by atoms with Crippen molar-refractivity contribution in [3.63, 3.8) is 0 Å². The summed E-state index contributed by atoms with van der Waals surface area (Å²) in [4.78, 5) is 0. The molecular formula is C9H20N2. The third-order valence-corrected chi connectivity index (χ3v) is 3.03. The van der Waals surface area contributed by atoms with Crippen molar-refractivity contribution in [2.24, 2.45) is 11.5 Å². The molecule has 0 saturated heterocycles. The van der Waals surface area contributed by atoms with Crippen LogP contribution in [0.1, 0.15) is 46.0 Å². The summed E-state index contributed by atoms with van der Waals surface area (Å²) < 4.78 is 0. The van der Waals surface area contributed by atoms with Gasteiger partial charge in [-0.1, -0.05) is 19.3 Å². The highest BCUT2D eigenvalue weighted by Crippen LogP contribution is 2.32. The van der Waals surface area contributed by atoms with E-state index in [0.717, 1.165) is 12.8 Å². The van der Waals surface area contributed by atoms with Crippen LogP contribution in [-0.2, 0) is 0 Å². The van der Waals surface area contributed by atoms with E-state index in [-0.39, 0.29) is 11.1 Å². The maximum absolute atomic E-state index is 6.21. The maximum atomic E-state index is 6.21. The first-order chi connectivity index (χ1) is 4.96. The monoisotopic (exact) mass is 156 g/mol. The predicted octanol–water partition coefficient (Wildman–Crippen LogP) is 1.39. The number of hydrogen-bond acceptors (Lipinski definition) is 2. The van der Waals surface area contributed by atoms with Crippen LogP contribution in [0.15, 0.2) is 0 Å². The molecule has 1 fully saturated rings. The fourth-order valence-electron chi connectivity index (χ4n) is 1.83. The average Bonchev–Trinajstić information content (AvgIpc) is 1.87. The van der Waals surface area contributed by atoms with E-state index in [1.54, 1.807) is 0 Å². The zero-order valence-corrected chi connectivity index (χ0v) is 7.69. The van der Waals surface area contributed by atoms with Gasteiger partial charge < -0.3 is 11.5 Å². The minimum Gasteiger partial charge on any atom is -0.324 e. The normalized spacial score (nSPS) is 25.1. The summed E-state index contributed by atoms with van der Waals surface area (Å²) in [5, 5.41) is 0. The molecule has 1 saturated carbocycles. The Morgan fingerprint density at radius 2 is 1.55 bits per heavy atom. The van der Waals surface area contributed by atoms with Gasteiger partial charge in [-0.15, -0.1) is 0 Å². The molecule has 0 aromatic rings. The van der Waals surface area contributed by atoms with E-state index >= 15 is 0 Å². The molecule has 0 amide bonds. The summed E-state index contributed by atoms with van der Waals surface area (Å²) >= 11 is 0. The van der Waals surface area contributed by atoms with E-state index in [9.17, 15) is 0 Å². The third kappa shape index (κ3) is 1.74. The molecule has 1 rings (SSSR count). The van der Waals surface area contributed by atoms with Crippen LogP contribution in [0.2, 0.25) is 0 Å². The van der Waals surface area contributed by atoms with Gasteiger partial charge in [-0.3, -0.25) is 0 Å². The van der Waals surface area contributed by atoms with Crippen molar-refractivity contribution in [2.45, 2.75) is 57.0 Å². The van der Waals surface area contributed by atoms with Crippen molar-refractivity contribution in [3.05, 3.63) is 0 Å². The van der Waals surface area contributed by atoms with Crippen LogP contribution in [0.5, 0.6) is 0 Å². The van der Waals surface area contributed by atoms with E-state index in [1.807, 2.05) is 13.8 Å². The van der Waals surface area contributed by atoms with Crippen LogP contribution < -0.4 is 11.5 Å². The molecule has 0 aromatic carbocycles. The quantitative estimate of drug-likeness (QED) is 0.602. The van der Waals surface area contributed by atoms with Gasteiger partial charge in [0.2, 0.25) is 0 Å². The van der Waals surface area contributed by atoms with Crippen molar-refractivity contribution >= 4 is 0 Å². The smallest absolute Gasteiger partial charge is 0.0331 e. The van der Waals surface area contributed by atoms with E-state index in [1.165, 1.54) is 19.3 Å².